The van der Waals surface area contributed by atoms with Crippen molar-refractivity contribution in [3.8, 4) is 0 Å². The lowest BCUT2D eigenvalue weighted by Gasteiger charge is -2.22. The van der Waals surface area contributed by atoms with Crippen molar-refractivity contribution in [2.24, 2.45) is 0 Å². The summed E-state index contributed by atoms with van der Waals surface area (Å²) in [5.74, 6) is -2.35. The number of halogens is 1. The molecule has 6 nitrogen and oxygen atoms in total. The Balaban J connectivity index is 1.74. The average molecular weight is 448 g/mol. The van der Waals surface area contributed by atoms with Gasteiger partial charge in [-0.15, -0.1) is 0 Å². The van der Waals surface area contributed by atoms with Crippen LogP contribution in [-0.4, -0.2) is 34.9 Å². The first kappa shape index (κ1) is 24.2. The van der Waals surface area contributed by atoms with Crippen LogP contribution in [0.4, 0.5) is 4.39 Å². The first-order valence-electron chi connectivity index (χ1n) is 10.6. The molecule has 2 atom stereocenters. The van der Waals surface area contributed by atoms with Gasteiger partial charge in [-0.2, -0.15) is 0 Å². The molecular formula is C25H26BFN2O4. The molecule has 3 rings (SSSR count). The third kappa shape index (κ3) is 7.27. The van der Waals surface area contributed by atoms with Crippen LogP contribution >= 0.6 is 0 Å². The fourth-order valence-electron chi connectivity index (χ4n) is 3.58. The maximum absolute atomic E-state index is 13.8. The minimum absolute atomic E-state index is 0.209. The van der Waals surface area contributed by atoms with Crippen molar-refractivity contribution < 1.29 is 24.0 Å². The molecule has 3 aromatic rings. The number of benzene rings is 3. The smallest absolute Gasteiger partial charge is 0.426 e. The van der Waals surface area contributed by atoms with Crippen molar-refractivity contribution >= 4 is 18.9 Å². The zero-order valence-electron chi connectivity index (χ0n) is 18.2. The summed E-state index contributed by atoms with van der Waals surface area (Å²) in [4.78, 5) is 25.5. The van der Waals surface area contributed by atoms with Crippen molar-refractivity contribution in [3.63, 3.8) is 0 Å². The van der Waals surface area contributed by atoms with Gasteiger partial charge in [-0.05, 0) is 48.7 Å². The number of aryl methyl sites for hydroxylation is 1. The summed E-state index contributed by atoms with van der Waals surface area (Å²) in [7, 11) is -1.78. The van der Waals surface area contributed by atoms with Crippen molar-refractivity contribution in [1.82, 2.24) is 10.6 Å². The molecule has 170 valence electrons. The van der Waals surface area contributed by atoms with Gasteiger partial charge >= 0.3 is 7.12 Å². The van der Waals surface area contributed by atoms with Crippen LogP contribution in [0.1, 0.15) is 39.5 Å². The largest absolute Gasteiger partial charge is 0.475 e. The van der Waals surface area contributed by atoms with E-state index in [0.29, 0.717) is 11.1 Å². The fourth-order valence-corrected chi connectivity index (χ4v) is 3.58. The third-order valence-electron chi connectivity index (χ3n) is 5.23. The average Bonchev–Trinajstić information content (AvgIpc) is 2.78. The predicted molar refractivity (Wildman–Crippen MR) is 125 cm³/mol. The number of carbonyl (C=O) groups is 2. The maximum Gasteiger partial charge on any atom is 0.475 e. The highest BCUT2D eigenvalue weighted by molar-refractivity contribution is 6.43. The lowest BCUT2D eigenvalue weighted by molar-refractivity contribution is -0.122. The Morgan fingerprint density at radius 3 is 2.33 bits per heavy atom. The Bertz CT molecular complexity index is 1090. The molecule has 0 bridgehead atoms. The molecule has 3 aromatic carbocycles. The lowest BCUT2D eigenvalue weighted by atomic mass is 9.75. The van der Waals surface area contributed by atoms with Gasteiger partial charge in [0.15, 0.2) is 0 Å². The highest BCUT2D eigenvalue weighted by Gasteiger charge is 2.27. The summed E-state index contributed by atoms with van der Waals surface area (Å²) in [5.41, 5.74) is 2.68. The standard InChI is InChI=1S/C25H26BFN2O4/c1-17-7-5-8-18(13-17)14-23(26(32)33)29-24(30)16-22(20-11-6-12-21(27)15-20)28-25(31)19-9-3-2-4-10-19/h2-13,15,22-23,32-33H,14,16H2,1H3,(H,28,31)(H,29,30)/t22?,23-/m0/s1. The van der Waals surface area contributed by atoms with Crippen molar-refractivity contribution in [2.75, 3.05) is 0 Å². The number of rotatable bonds is 9. The number of hydrogen-bond donors (Lipinski definition) is 4. The van der Waals surface area contributed by atoms with Crippen molar-refractivity contribution in [1.29, 1.82) is 0 Å². The monoisotopic (exact) mass is 448 g/mol. The molecule has 4 N–H and O–H groups in total. The Labute approximate surface area is 192 Å². The van der Waals surface area contributed by atoms with Crippen LogP contribution < -0.4 is 10.6 Å². The second kappa shape index (κ2) is 11.4. The zero-order valence-corrected chi connectivity index (χ0v) is 18.2. The molecule has 2 amide bonds. The number of hydrogen-bond acceptors (Lipinski definition) is 4. The molecular weight excluding hydrogens is 422 g/mol. The van der Waals surface area contributed by atoms with Gasteiger partial charge in [-0.1, -0.05) is 60.2 Å². The van der Waals surface area contributed by atoms with Crippen LogP contribution in [0.25, 0.3) is 0 Å². The second-order valence-corrected chi connectivity index (χ2v) is 7.93. The summed E-state index contributed by atoms with van der Waals surface area (Å²) < 4.78 is 13.8. The van der Waals surface area contributed by atoms with Gasteiger partial charge in [0.1, 0.15) is 5.82 Å². The maximum atomic E-state index is 13.8. The fraction of sp³-hybridized carbons (Fsp3) is 0.200. The minimum Gasteiger partial charge on any atom is -0.426 e. The number of amides is 2. The summed E-state index contributed by atoms with van der Waals surface area (Å²) in [6.07, 6.45) is 0.00512. The highest BCUT2D eigenvalue weighted by Crippen LogP contribution is 2.19. The van der Waals surface area contributed by atoms with E-state index < -0.39 is 36.7 Å². The Kier molecular flexibility index (Phi) is 8.35. The van der Waals surface area contributed by atoms with Crippen LogP contribution in [0.15, 0.2) is 78.9 Å². The second-order valence-electron chi connectivity index (χ2n) is 7.93. The predicted octanol–water partition coefficient (Wildman–Crippen LogP) is 2.73. The van der Waals surface area contributed by atoms with Gasteiger partial charge in [-0.3, -0.25) is 9.59 Å². The first-order valence-corrected chi connectivity index (χ1v) is 10.6. The normalized spacial score (nSPS) is 12.5. The van der Waals surface area contributed by atoms with Crippen LogP contribution in [0.5, 0.6) is 0 Å². The molecule has 0 saturated heterocycles. The highest BCUT2D eigenvalue weighted by atomic mass is 19.1. The summed E-state index contributed by atoms with van der Waals surface area (Å²) in [6, 6.07) is 20.9. The van der Waals surface area contributed by atoms with E-state index in [-0.39, 0.29) is 12.8 Å². The summed E-state index contributed by atoms with van der Waals surface area (Å²) >= 11 is 0. The molecule has 0 heterocycles. The van der Waals surface area contributed by atoms with Crippen LogP contribution in [0.3, 0.4) is 0 Å². The van der Waals surface area contributed by atoms with Gasteiger partial charge in [0, 0.05) is 5.56 Å². The summed E-state index contributed by atoms with van der Waals surface area (Å²) in [5, 5.41) is 25.0. The van der Waals surface area contributed by atoms with E-state index in [4.69, 9.17) is 0 Å². The van der Waals surface area contributed by atoms with Gasteiger partial charge in [-0.25, -0.2) is 4.39 Å². The molecule has 0 radical (unpaired) electrons. The molecule has 0 aliphatic heterocycles. The molecule has 0 fully saturated rings. The van der Waals surface area contributed by atoms with E-state index >= 15 is 0 Å². The van der Waals surface area contributed by atoms with E-state index in [2.05, 4.69) is 10.6 Å². The quantitative estimate of drug-likeness (QED) is 0.379. The van der Waals surface area contributed by atoms with Gasteiger partial charge in [0.25, 0.3) is 5.91 Å². The molecule has 8 heteroatoms. The number of carbonyl (C=O) groups excluding carboxylic acids is 2. The number of nitrogens with one attached hydrogen (secondary N) is 2. The molecule has 0 saturated carbocycles. The lowest BCUT2D eigenvalue weighted by Crippen LogP contribution is -2.48. The van der Waals surface area contributed by atoms with Gasteiger partial charge in [0.05, 0.1) is 18.4 Å². The van der Waals surface area contributed by atoms with E-state index in [1.807, 2.05) is 31.2 Å². The van der Waals surface area contributed by atoms with Gasteiger partial charge in [0.2, 0.25) is 5.91 Å². The van der Waals surface area contributed by atoms with Crippen LogP contribution in [0, 0.1) is 12.7 Å². The molecule has 0 spiro atoms. The molecule has 0 aliphatic carbocycles. The first-order chi connectivity index (χ1) is 15.8. The molecule has 33 heavy (non-hydrogen) atoms. The molecule has 1 unspecified atom stereocenters. The van der Waals surface area contributed by atoms with E-state index in [9.17, 15) is 24.0 Å². The van der Waals surface area contributed by atoms with Crippen molar-refractivity contribution in [3.05, 3.63) is 107 Å². The Morgan fingerprint density at radius 1 is 0.939 bits per heavy atom. The van der Waals surface area contributed by atoms with E-state index in [1.165, 1.54) is 18.2 Å². The van der Waals surface area contributed by atoms with Crippen molar-refractivity contribution in [2.45, 2.75) is 31.7 Å². The SMILES string of the molecule is Cc1cccc(C[C@H](NC(=O)CC(NC(=O)c2ccccc2)c2cccc(F)c2)B(O)O)c1. The van der Waals surface area contributed by atoms with Crippen LogP contribution in [-0.2, 0) is 11.2 Å². The Morgan fingerprint density at radius 2 is 1.67 bits per heavy atom. The zero-order chi connectivity index (χ0) is 23.8. The van der Waals surface area contributed by atoms with E-state index in [1.54, 1.807) is 36.4 Å². The topological polar surface area (TPSA) is 98.7 Å². The third-order valence-corrected chi connectivity index (χ3v) is 5.23. The van der Waals surface area contributed by atoms with Crippen LogP contribution in [0.2, 0.25) is 0 Å². The molecule has 0 aromatic heterocycles. The Hall–Kier alpha value is -3.49. The van der Waals surface area contributed by atoms with Gasteiger partial charge < -0.3 is 20.7 Å². The minimum atomic E-state index is -1.78. The summed E-state index contributed by atoms with van der Waals surface area (Å²) in [6.45, 7) is 1.92. The van der Waals surface area contributed by atoms with E-state index in [0.717, 1.165) is 11.1 Å². The molecule has 0 aliphatic rings.